The van der Waals surface area contributed by atoms with Gasteiger partial charge in [0.2, 0.25) is 0 Å². The number of hydrogen-bond donors (Lipinski definition) is 2. The Labute approximate surface area is 117 Å². The van der Waals surface area contributed by atoms with Crippen LogP contribution in [0.3, 0.4) is 0 Å². The van der Waals surface area contributed by atoms with E-state index < -0.39 is 6.09 Å². The zero-order valence-electron chi connectivity index (χ0n) is 11.6. The van der Waals surface area contributed by atoms with Crippen LogP contribution in [0.1, 0.15) is 12.5 Å². The zero-order chi connectivity index (χ0) is 14.4. The van der Waals surface area contributed by atoms with Crippen molar-refractivity contribution in [3.63, 3.8) is 0 Å². The highest BCUT2D eigenvalue weighted by Gasteiger charge is 2.02. The molecule has 0 fully saturated rings. The molecule has 1 aromatic carbocycles. The van der Waals surface area contributed by atoms with Gasteiger partial charge < -0.3 is 10.1 Å². The Balaban J connectivity index is 1.86. The van der Waals surface area contributed by atoms with Gasteiger partial charge in [0.25, 0.3) is 0 Å². The van der Waals surface area contributed by atoms with Crippen molar-refractivity contribution in [2.45, 2.75) is 13.5 Å². The Morgan fingerprint density at radius 2 is 2.00 bits per heavy atom. The first-order chi connectivity index (χ1) is 9.67. The van der Waals surface area contributed by atoms with Gasteiger partial charge in [-0.2, -0.15) is 5.10 Å². The van der Waals surface area contributed by atoms with Crippen molar-refractivity contribution in [2.24, 2.45) is 7.05 Å². The molecular formula is C14H18N4O2. The third kappa shape index (κ3) is 4.01. The molecule has 2 aromatic rings. The Morgan fingerprint density at radius 1 is 1.30 bits per heavy atom. The average Bonchev–Trinajstić information content (AvgIpc) is 2.84. The van der Waals surface area contributed by atoms with E-state index >= 15 is 0 Å². The van der Waals surface area contributed by atoms with Crippen LogP contribution in [-0.2, 0) is 18.3 Å². The van der Waals surface area contributed by atoms with Gasteiger partial charge in [0.05, 0.1) is 12.8 Å². The normalized spacial score (nSPS) is 10.1. The molecule has 6 heteroatoms. The van der Waals surface area contributed by atoms with Crippen molar-refractivity contribution in [2.75, 3.05) is 17.2 Å². The number of carbonyl (C=O) groups excluding carboxylic acids is 1. The smallest absolute Gasteiger partial charge is 0.411 e. The molecule has 0 aliphatic rings. The van der Waals surface area contributed by atoms with Crippen molar-refractivity contribution < 1.29 is 9.53 Å². The molecule has 0 saturated carbocycles. The lowest BCUT2D eigenvalue weighted by molar-refractivity contribution is 0.168. The number of carbonyl (C=O) groups is 1. The van der Waals surface area contributed by atoms with Crippen molar-refractivity contribution in [3.05, 3.63) is 42.2 Å². The summed E-state index contributed by atoms with van der Waals surface area (Å²) in [6, 6.07) is 7.45. The van der Waals surface area contributed by atoms with Crippen LogP contribution >= 0.6 is 0 Å². The van der Waals surface area contributed by atoms with Gasteiger partial charge in [0, 0.05) is 36.7 Å². The molecule has 0 atom stereocenters. The van der Waals surface area contributed by atoms with E-state index in [0.717, 1.165) is 11.3 Å². The topological polar surface area (TPSA) is 68.2 Å². The molecule has 2 N–H and O–H groups in total. The first-order valence-electron chi connectivity index (χ1n) is 6.42. The lowest BCUT2D eigenvalue weighted by atomic mass is 10.2. The molecule has 0 aliphatic heterocycles. The van der Waals surface area contributed by atoms with Gasteiger partial charge in [0.1, 0.15) is 0 Å². The van der Waals surface area contributed by atoms with Gasteiger partial charge >= 0.3 is 6.09 Å². The molecule has 106 valence electrons. The number of benzene rings is 1. The van der Waals surface area contributed by atoms with Crippen molar-refractivity contribution >= 4 is 17.5 Å². The van der Waals surface area contributed by atoms with E-state index in [1.807, 2.05) is 43.7 Å². The number of ether oxygens (including phenoxy) is 1. The molecule has 0 aliphatic carbocycles. The van der Waals surface area contributed by atoms with E-state index in [-0.39, 0.29) is 0 Å². The van der Waals surface area contributed by atoms with E-state index in [4.69, 9.17) is 4.74 Å². The summed E-state index contributed by atoms with van der Waals surface area (Å²) in [5, 5.41) is 10.0. The van der Waals surface area contributed by atoms with Crippen molar-refractivity contribution in [1.29, 1.82) is 0 Å². The maximum Gasteiger partial charge on any atom is 0.411 e. The van der Waals surface area contributed by atoms with Crippen LogP contribution in [0.5, 0.6) is 0 Å². The average molecular weight is 274 g/mol. The minimum atomic E-state index is -0.441. The van der Waals surface area contributed by atoms with Gasteiger partial charge in [-0.05, 0) is 31.2 Å². The van der Waals surface area contributed by atoms with Crippen molar-refractivity contribution in [1.82, 2.24) is 9.78 Å². The number of anilines is 2. The van der Waals surface area contributed by atoms with Gasteiger partial charge in [-0.1, -0.05) is 0 Å². The van der Waals surface area contributed by atoms with E-state index in [1.54, 1.807) is 11.6 Å². The number of nitrogens with zero attached hydrogens (tertiary/aromatic N) is 2. The second kappa shape index (κ2) is 6.60. The Bertz CT molecular complexity index is 563. The van der Waals surface area contributed by atoms with Crippen LogP contribution in [0.15, 0.2) is 36.7 Å². The molecular weight excluding hydrogens is 256 g/mol. The highest BCUT2D eigenvalue weighted by atomic mass is 16.5. The third-order valence-corrected chi connectivity index (χ3v) is 2.66. The predicted octanol–water partition coefficient (Wildman–Crippen LogP) is 2.60. The molecule has 20 heavy (non-hydrogen) atoms. The monoisotopic (exact) mass is 274 g/mol. The summed E-state index contributed by atoms with van der Waals surface area (Å²) in [6.07, 6.45) is 3.34. The lowest BCUT2D eigenvalue weighted by Crippen LogP contribution is -2.13. The minimum absolute atomic E-state index is 0.358. The number of hydrogen-bond acceptors (Lipinski definition) is 4. The number of amides is 1. The Hall–Kier alpha value is -2.50. The highest BCUT2D eigenvalue weighted by molar-refractivity contribution is 5.84. The minimum Gasteiger partial charge on any atom is -0.450 e. The molecule has 1 amide bonds. The molecule has 1 aromatic heterocycles. The fourth-order valence-corrected chi connectivity index (χ4v) is 1.72. The number of aryl methyl sites for hydroxylation is 1. The molecule has 0 saturated heterocycles. The summed E-state index contributed by atoms with van der Waals surface area (Å²) < 4.78 is 6.58. The number of nitrogens with one attached hydrogen (secondary N) is 2. The molecule has 6 nitrogen and oxygen atoms in total. The van der Waals surface area contributed by atoms with Crippen LogP contribution in [0.2, 0.25) is 0 Å². The SMILES string of the molecule is CCOC(=O)Nc1ccc(NCc2cnn(C)c2)cc1. The number of aromatic nitrogens is 2. The third-order valence-electron chi connectivity index (χ3n) is 2.66. The zero-order valence-corrected chi connectivity index (χ0v) is 11.6. The maximum absolute atomic E-state index is 11.3. The highest BCUT2D eigenvalue weighted by Crippen LogP contribution is 2.14. The van der Waals surface area contributed by atoms with E-state index in [2.05, 4.69) is 15.7 Å². The van der Waals surface area contributed by atoms with Crippen LogP contribution < -0.4 is 10.6 Å². The first kappa shape index (κ1) is 13.9. The van der Waals surface area contributed by atoms with Crippen LogP contribution in [0, 0.1) is 0 Å². The lowest BCUT2D eigenvalue weighted by Gasteiger charge is -2.07. The predicted molar refractivity (Wildman–Crippen MR) is 77.6 cm³/mol. The summed E-state index contributed by atoms with van der Waals surface area (Å²) in [5.74, 6) is 0. The molecule has 0 bridgehead atoms. The summed E-state index contributed by atoms with van der Waals surface area (Å²) in [5.41, 5.74) is 2.79. The quantitative estimate of drug-likeness (QED) is 0.879. The summed E-state index contributed by atoms with van der Waals surface area (Å²) in [7, 11) is 1.89. The van der Waals surface area contributed by atoms with Gasteiger partial charge in [0.15, 0.2) is 0 Å². The van der Waals surface area contributed by atoms with Gasteiger partial charge in [-0.15, -0.1) is 0 Å². The van der Waals surface area contributed by atoms with Gasteiger partial charge in [-0.3, -0.25) is 10.00 Å². The second-order valence-corrected chi connectivity index (χ2v) is 4.30. The van der Waals surface area contributed by atoms with Crippen LogP contribution in [0.4, 0.5) is 16.2 Å². The van der Waals surface area contributed by atoms with Crippen LogP contribution in [0.25, 0.3) is 0 Å². The second-order valence-electron chi connectivity index (χ2n) is 4.30. The maximum atomic E-state index is 11.3. The molecule has 0 radical (unpaired) electrons. The van der Waals surface area contributed by atoms with Crippen molar-refractivity contribution in [3.8, 4) is 0 Å². The molecule has 0 unspecified atom stereocenters. The molecule has 1 heterocycles. The summed E-state index contributed by atoms with van der Waals surface area (Å²) in [4.78, 5) is 11.3. The largest absolute Gasteiger partial charge is 0.450 e. The van der Waals surface area contributed by atoms with Crippen LogP contribution in [-0.4, -0.2) is 22.5 Å². The molecule has 0 spiro atoms. The Morgan fingerprint density at radius 3 is 2.60 bits per heavy atom. The Kier molecular flexibility index (Phi) is 4.60. The van der Waals surface area contributed by atoms with Gasteiger partial charge in [-0.25, -0.2) is 4.79 Å². The van der Waals surface area contributed by atoms with E-state index in [0.29, 0.717) is 18.8 Å². The first-order valence-corrected chi connectivity index (χ1v) is 6.42. The fourth-order valence-electron chi connectivity index (χ4n) is 1.72. The summed E-state index contributed by atoms with van der Waals surface area (Å²) >= 11 is 0. The number of rotatable bonds is 5. The van der Waals surface area contributed by atoms with E-state index in [9.17, 15) is 4.79 Å². The molecule has 2 rings (SSSR count). The fraction of sp³-hybridized carbons (Fsp3) is 0.286. The standard InChI is InChI=1S/C14H18N4O2/c1-3-20-14(19)17-13-6-4-12(5-7-13)15-8-11-9-16-18(2)10-11/h4-7,9-10,15H,3,8H2,1-2H3,(H,17,19). The van der Waals surface area contributed by atoms with E-state index in [1.165, 1.54) is 0 Å². The summed E-state index contributed by atoms with van der Waals surface area (Å²) in [6.45, 7) is 2.83.